The highest BCUT2D eigenvalue weighted by molar-refractivity contribution is 6.02. The van der Waals surface area contributed by atoms with Gasteiger partial charge in [-0.1, -0.05) is 0 Å². The van der Waals surface area contributed by atoms with Crippen LogP contribution in [0.15, 0.2) is 6.33 Å². The number of H-pyrrole nitrogens is 1. The Labute approximate surface area is 98.1 Å². The fourth-order valence-corrected chi connectivity index (χ4v) is 1.46. The van der Waals surface area contributed by atoms with E-state index in [1.54, 1.807) is 13.8 Å². The van der Waals surface area contributed by atoms with Gasteiger partial charge < -0.3 is 20.1 Å². The van der Waals surface area contributed by atoms with Gasteiger partial charge in [-0.15, -0.1) is 0 Å². The number of carbonyl (C=O) groups excluding carboxylic acids is 1. The highest BCUT2D eigenvalue weighted by atomic mass is 16.4. The van der Waals surface area contributed by atoms with Gasteiger partial charge in [-0.25, -0.2) is 9.78 Å². The largest absolute Gasteiger partial charge is 0.477 e. The predicted molar refractivity (Wildman–Crippen MR) is 58.8 cm³/mol. The van der Waals surface area contributed by atoms with Crippen molar-refractivity contribution in [3.63, 3.8) is 0 Å². The zero-order valence-electron chi connectivity index (χ0n) is 9.67. The Morgan fingerprint density at radius 1 is 1.53 bits per heavy atom. The number of nitrogens with zero attached hydrogens (tertiary/aromatic N) is 2. The Balaban J connectivity index is 3.01. The summed E-state index contributed by atoms with van der Waals surface area (Å²) in [6, 6.07) is -0.145. The molecule has 1 aromatic heterocycles. The number of amides is 1. The average molecular weight is 241 g/mol. The molecule has 7 heteroatoms. The number of aliphatic hydroxyl groups is 1. The van der Waals surface area contributed by atoms with E-state index in [-0.39, 0.29) is 30.6 Å². The molecule has 1 aromatic rings. The van der Waals surface area contributed by atoms with Crippen LogP contribution in [0.1, 0.15) is 34.8 Å². The number of carboxylic acids is 1. The second kappa shape index (κ2) is 5.44. The van der Waals surface area contributed by atoms with Gasteiger partial charge in [-0.3, -0.25) is 4.79 Å². The molecule has 0 aliphatic heterocycles. The molecule has 94 valence electrons. The predicted octanol–water partition coefficient (Wildman–Crippen LogP) is -0.0492. The molecule has 0 radical (unpaired) electrons. The van der Waals surface area contributed by atoms with Crippen LogP contribution in [-0.2, 0) is 0 Å². The van der Waals surface area contributed by atoms with Crippen LogP contribution in [0.2, 0.25) is 0 Å². The van der Waals surface area contributed by atoms with Gasteiger partial charge in [0.05, 0.1) is 12.9 Å². The molecule has 1 rings (SSSR count). The lowest BCUT2D eigenvalue weighted by Gasteiger charge is -2.25. The molecule has 17 heavy (non-hydrogen) atoms. The topological polar surface area (TPSA) is 107 Å². The first-order valence-electron chi connectivity index (χ1n) is 5.17. The van der Waals surface area contributed by atoms with E-state index in [0.29, 0.717) is 0 Å². The number of rotatable bonds is 5. The molecule has 0 unspecified atom stereocenters. The monoisotopic (exact) mass is 241 g/mol. The Kier molecular flexibility index (Phi) is 4.22. The summed E-state index contributed by atoms with van der Waals surface area (Å²) in [5.41, 5.74) is -0.377. The number of aromatic amines is 1. The van der Waals surface area contributed by atoms with E-state index in [2.05, 4.69) is 9.97 Å². The normalized spacial score (nSPS) is 10.6. The summed E-state index contributed by atoms with van der Waals surface area (Å²) >= 11 is 0. The molecule has 1 heterocycles. The highest BCUT2D eigenvalue weighted by Crippen LogP contribution is 2.09. The minimum absolute atomic E-state index is 0.139. The molecule has 3 N–H and O–H groups in total. The van der Waals surface area contributed by atoms with Crippen LogP contribution in [0, 0.1) is 0 Å². The van der Waals surface area contributed by atoms with Gasteiger partial charge in [-0.2, -0.15) is 0 Å². The molecule has 0 saturated carbocycles. The maximum Gasteiger partial charge on any atom is 0.354 e. The molecule has 7 nitrogen and oxygen atoms in total. The Morgan fingerprint density at radius 2 is 2.18 bits per heavy atom. The van der Waals surface area contributed by atoms with Crippen molar-refractivity contribution in [1.29, 1.82) is 0 Å². The minimum Gasteiger partial charge on any atom is -0.477 e. The number of aromatic nitrogens is 2. The van der Waals surface area contributed by atoms with Gasteiger partial charge in [0.1, 0.15) is 0 Å². The third kappa shape index (κ3) is 2.82. The van der Waals surface area contributed by atoms with Gasteiger partial charge in [0.25, 0.3) is 5.91 Å². The summed E-state index contributed by atoms with van der Waals surface area (Å²) in [4.78, 5) is 30.4. The van der Waals surface area contributed by atoms with Crippen molar-refractivity contribution in [2.45, 2.75) is 19.9 Å². The van der Waals surface area contributed by atoms with Crippen molar-refractivity contribution in [2.75, 3.05) is 13.2 Å². The van der Waals surface area contributed by atoms with E-state index in [1.807, 2.05) is 0 Å². The van der Waals surface area contributed by atoms with Crippen molar-refractivity contribution < 1.29 is 19.8 Å². The van der Waals surface area contributed by atoms with Crippen molar-refractivity contribution in [3.8, 4) is 0 Å². The minimum atomic E-state index is -1.24. The quantitative estimate of drug-likeness (QED) is 0.670. The van der Waals surface area contributed by atoms with Crippen molar-refractivity contribution in [1.82, 2.24) is 14.9 Å². The van der Waals surface area contributed by atoms with E-state index in [4.69, 9.17) is 10.2 Å². The van der Waals surface area contributed by atoms with Crippen molar-refractivity contribution in [2.24, 2.45) is 0 Å². The van der Waals surface area contributed by atoms with Crippen LogP contribution in [0.25, 0.3) is 0 Å². The number of imidazole rings is 1. The molecule has 0 saturated heterocycles. The number of nitrogens with one attached hydrogen (secondary N) is 1. The SMILES string of the molecule is CC(C)N(CCO)C(=O)c1nc[nH]c1C(=O)O. The van der Waals surface area contributed by atoms with Crippen LogP contribution in [0.3, 0.4) is 0 Å². The smallest absolute Gasteiger partial charge is 0.354 e. The second-order valence-corrected chi connectivity index (χ2v) is 3.75. The third-order valence-corrected chi connectivity index (χ3v) is 2.28. The molecule has 0 bridgehead atoms. The van der Waals surface area contributed by atoms with Crippen molar-refractivity contribution in [3.05, 3.63) is 17.7 Å². The molecule has 0 spiro atoms. The molecule has 0 aromatic carbocycles. The standard InChI is InChI=1S/C10H15N3O4/c1-6(2)13(3-4-14)9(15)7-8(10(16)17)12-5-11-7/h5-6,14H,3-4H2,1-2H3,(H,11,12)(H,16,17). The summed E-state index contributed by atoms with van der Waals surface area (Å²) in [6.07, 6.45) is 1.16. The Hall–Kier alpha value is -1.89. The molecule has 0 aliphatic carbocycles. The fraction of sp³-hybridized carbons (Fsp3) is 0.500. The fourth-order valence-electron chi connectivity index (χ4n) is 1.46. The summed E-state index contributed by atoms with van der Waals surface area (Å²) in [5.74, 6) is -1.74. The number of carboxylic acid groups (broad SMARTS) is 1. The lowest BCUT2D eigenvalue weighted by molar-refractivity contribution is 0.0629. The maximum atomic E-state index is 12.0. The van der Waals surface area contributed by atoms with Crippen molar-refractivity contribution >= 4 is 11.9 Å². The number of hydrogen-bond donors (Lipinski definition) is 3. The Morgan fingerprint density at radius 3 is 2.65 bits per heavy atom. The molecular formula is C10H15N3O4. The van der Waals surface area contributed by atoms with Crippen LogP contribution >= 0.6 is 0 Å². The summed E-state index contributed by atoms with van der Waals surface area (Å²) in [5, 5.41) is 17.7. The Bertz CT molecular complexity index is 413. The zero-order chi connectivity index (χ0) is 13.0. The lowest BCUT2D eigenvalue weighted by atomic mass is 10.2. The van der Waals surface area contributed by atoms with Gasteiger partial charge >= 0.3 is 5.97 Å². The van der Waals surface area contributed by atoms with Gasteiger partial charge in [0, 0.05) is 12.6 Å². The van der Waals surface area contributed by atoms with Gasteiger partial charge in [0.15, 0.2) is 11.4 Å². The third-order valence-electron chi connectivity index (χ3n) is 2.28. The van der Waals surface area contributed by atoms with Crippen LogP contribution in [-0.4, -0.2) is 56.2 Å². The van der Waals surface area contributed by atoms with Crippen LogP contribution in [0.5, 0.6) is 0 Å². The van der Waals surface area contributed by atoms with E-state index >= 15 is 0 Å². The van der Waals surface area contributed by atoms with E-state index in [0.717, 1.165) is 6.33 Å². The van der Waals surface area contributed by atoms with E-state index < -0.39 is 11.9 Å². The molecule has 0 aliphatic rings. The first-order valence-corrected chi connectivity index (χ1v) is 5.17. The first-order chi connectivity index (χ1) is 7.99. The maximum absolute atomic E-state index is 12.0. The highest BCUT2D eigenvalue weighted by Gasteiger charge is 2.25. The summed E-state index contributed by atoms with van der Waals surface area (Å²) < 4.78 is 0. The molecular weight excluding hydrogens is 226 g/mol. The number of aromatic carboxylic acids is 1. The molecule has 1 amide bonds. The van der Waals surface area contributed by atoms with Crippen LogP contribution < -0.4 is 0 Å². The summed E-state index contributed by atoms with van der Waals surface area (Å²) in [7, 11) is 0. The van der Waals surface area contributed by atoms with E-state index in [9.17, 15) is 9.59 Å². The summed E-state index contributed by atoms with van der Waals surface area (Å²) in [6.45, 7) is 3.51. The zero-order valence-corrected chi connectivity index (χ0v) is 9.67. The van der Waals surface area contributed by atoms with E-state index in [1.165, 1.54) is 4.90 Å². The number of aliphatic hydroxyl groups excluding tert-OH is 1. The lowest BCUT2D eigenvalue weighted by Crippen LogP contribution is -2.39. The molecule has 0 atom stereocenters. The van der Waals surface area contributed by atoms with Gasteiger partial charge in [-0.05, 0) is 13.8 Å². The number of hydrogen-bond acceptors (Lipinski definition) is 4. The molecule has 0 fully saturated rings. The number of carbonyl (C=O) groups is 2. The van der Waals surface area contributed by atoms with Crippen LogP contribution in [0.4, 0.5) is 0 Å². The van der Waals surface area contributed by atoms with Gasteiger partial charge in [0.2, 0.25) is 0 Å². The first kappa shape index (κ1) is 13.2. The average Bonchev–Trinajstić information content (AvgIpc) is 2.73. The second-order valence-electron chi connectivity index (χ2n) is 3.75.